The van der Waals surface area contributed by atoms with Gasteiger partial charge in [0.05, 0.1) is 12.7 Å². The molecule has 0 aromatic carbocycles. The molecular weight excluding hydrogens is 1080 g/mol. The Balaban J connectivity index is -0.0000000245. The minimum Gasteiger partial charge on any atom is -0.394 e. The van der Waals surface area contributed by atoms with Crippen LogP contribution >= 0.6 is 0 Å². The number of aliphatic hydroxyl groups excluding tert-OH is 4. The van der Waals surface area contributed by atoms with Crippen LogP contribution in [-0.4, -0.2) is 57.6 Å². The van der Waals surface area contributed by atoms with Crippen LogP contribution in [0, 0.1) is 0 Å². The van der Waals surface area contributed by atoms with Crippen molar-refractivity contribution >= 4 is 0 Å². The molecule has 0 aromatic heterocycles. The topological polar surface area (TPSA) is 90.2 Å². The first kappa shape index (κ1) is 64.5. The van der Waals surface area contributed by atoms with Crippen molar-refractivity contribution < 1.29 is 352 Å². The van der Waals surface area contributed by atoms with Gasteiger partial charge >= 0.3 is 0 Å². The van der Waals surface area contributed by atoms with E-state index in [0.717, 1.165) is 0 Å². The molecule has 2 unspecified atom stereocenters. The standard InChI is InChI=1S/C9H16O5.10Y/c1-2-3-5-7(11)9(13)8(12)6(4-10)14-5;;;;;;;;;;/h2,5-13H,1,3-4H2;;;;;;;;;;/t5-,6?,7?,8-,9+;;;;;;;;;;/m0........../s1. The van der Waals surface area contributed by atoms with E-state index in [9.17, 15) is 15.3 Å². The summed E-state index contributed by atoms with van der Waals surface area (Å²) in [6.45, 7) is 3.10. The van der Waals surface area contributed by atoms with E-state index in [0.29, 0.717) is 6.42 Å². The number of aliphatic hydroxyl groups is 4. The van der Waals surface area contributed by atoms with Crippen molar-refractivity contribution in [2.45, 2.75) is 36.9 Å². The van der Waals surface area contributed by atoms with Gasteiger partial charge < -0.3 is 25.2 Å². The molecule has 1 heterocycles. The smallest absolute Gasteiger partial charge is 0.111 e. The predicted molar refractivity (Wildman–Crippen MR) is 48.6 cm³/mol. The Bertz CT molecular complexity index is 217. The fourth-order valence-electron chi connectivity index (χ4n) is 1.54. The molecule has 1 fully saturated rings. The molecule has 15 heteroatoms. The van der Waals surface area contributed by atoms with E-state index in [1.165, 1.54) is 0 Å². The Kier molecular flexibility index (Phi) is 110. The zero-order valence-electron chi connectivity index (χ0n) is 13.6. The van der Waals surface area contributed by atoms with Gasteiger partial charge in [-0.2, -0.15) is 0 Å². The summed E-state index contributed by atoms with van der Waals surface area (Å²) in [6, 6.07) is 0. The van der Waals surface area contributed by atoms with Crippen molar-refractivity contribution in [1.82, 2.24) is 0 Å². The van der Waals surface area contributed by atoms with E-state index in [-0.39, 0.29) is 327 Å². The Morgan fingerprint density at radius 2 is 1.00 bits per heavy atom. The van der Waals surface area contributed by atoms with Gasteiger partial charge in [-0.25, -0.2) is 0 Å². The third-order valence-corrected chi connectivity index (χ3v) is 2.39. The maximum absolute atomic E-state index is 9.49. The summed E-state index contributed by atoms with van der Waals surface area (Å²) in [5.74, 6) is 0. The van der Waals surface area contributed by atoms with Gasteiger partial charge in [-0.15, -0.1) is 6.58 Å². The number of hydrogen-bond acceptors (Lipinski definition) is 5. The van der Waals surface area contributed by atoms with Crippen LogP contribution in [0.4, 0.5) is 0 Å². The molecule has 5 atom stereocenters. The SMILES string of the molecule is C=CC[C@@H]1OC(CO)[C@H](O)[C@H](O)C1O.[Y].[Y].[Y].[Y].[Y].[Y].[Y].[Y].[Y].[Y]. The fraction of sp³-hybridized carbons (Fsp3) is 0.778. The van der Waals surface area contributed by atoms with Crippen LogP contribution in [0.15, 0.2) is 12.7 Å². The van der Waals surface area contributed by atoms with Crippen molar-refractivity contribution in [3.63, 3.8) is 0 Å². The monoisotopic (exact) mass is 1090 g/mol. The summed E-state index contributed by atoms with van der Waals surface area (Å²) in [7, 11) is 0. The van der Waals surface area contributed by atoms with E-state index in [1.807, 2.05) is 0 Å². The molecule has 0 saturated carbocycles. The third-order valence-electron chi connectivity index (χ3n) is 2.39. The van der Waals surface area contributed by atoms with Gasteiger partial charge in [0.1, 0.15) is 24.4 Å². The van der Waals surface area contributed by atoms with Crippen molar-refractivity contribution in [3.05, 3.63) is 12.7 Å². The maximum Gasteiger partial charge on any atom is 0.111 e. The Labute approximate surface area is 396 Å². The molecule has 1 aliphatic heterocycles. The average Bonchev–Trinajstić information content (AvgIpc) is 2.19. The Morgan fingerprint density at radius 1 is 0.667 bits per heavy atom. The zero-order valence-corrected chi connectivity index (χ0v) is 41.9. The first-order chi connectivity index (χ1) is 6.61. The minimum absolute atomic E-state index is 0. The Morgan fingerprint density at radius 3 is 1.29 bits per heavy atom. The van der Waals surface area contributed by atoms with E-state index >= 15 is 0 Å². The van der Waals surface area contributed by atoms with Crippen LogP contribution < -0.4 is 0 Å². The third kappa shape index (κ3) is 25.7. The van der Waals surface area contributed by atoms with Gasteiger partial charge in [-0.1, -0.05) is 6.08 Å². The molecule has 10 radical (unpaired) electrons. The summed E-state index contributed by atoms with van der Waals surface area (Å²) in [4.78, 5) is 0. The molecule has 0 amide bonds. The summed E-state index contributed by atoms with van der Waals surface area (Å²) < 4.78 is 5.19. The summed E-state index contributed by atoms with van der Waals surface area (Å²) in [6.07, 6.45) is -3.25. The minimum atomic E-state index is -1.29. The quantitative estimate of drug-likeness (QED) is 0.256. The normalized spacial score (nSPS) is 25.4. The van der Waals surface area contributed by atoms with Gasteiger partial charge in [-0.3, -0.25) is 0 Å². The van der Waals surface area contributed by atoms with E-state index < -0.39 is 37.1 Å². The summed E-state index contributed by atoms with van der Waals surface area (Å²) in [5.41, 5.74) is 0. The van der Waals surface area contributed by atoms with E-state index in [4.69, 9.17) is 9.84 Å². The number of hydrogen-bond donors (Lipinski definition) is 4. The van der Waals surface area contributed by atoms with Crippen molar-refractivity contribution in [2.75, 3.05) is 6.61 Å². The van der Waals surface area contributed by atoms with E-state index in [1.54, 1.807) is 6.08 Å². The first-order valence-electron chi connectivity index (χ1n) is 4.53. The molecule has 4 N–H and O–H groups in total. The van der Waals surface area contributed by atoms with Crippen LogP contribution in [-0.2, 0) is 332 Å². The first-order valence-corrected chi connectivity index (χ1v) is 4.53. The average molecular weight is 1090 g/mol. The van der Waals surface area contributed by atoms with Crippen LogP contribution in [0.1, 0.15) is 6.42 Å². The van der Waals surface area contributed by atoms with Crippen molar-refractivity contribution in [3.8, 4) is 0 Å². The molecule has 0 bridgehead atoms. The number of rotatable bonds is 3. The zero-order chi connectivity index (χ0) is 10.7. The molecule has 0 aliphatic carbocycles. The molecule has 1 aliphatic rings. The summed E-state index contributed by atoms with van der Waals surface area (Å²) in [5, 5.41) is 37.1. The van der Waals surface area contributed by atoms with Gasteiger partial charge in [0.25, 0.3) is 0 Å². The molecule has 24 heavy (non-hydrogen) atoms. The second-order valence-electron chi connectivity index (χ2n) is 3.39. The second-order valence-corrected chi connectivity index (χ2v) is 3.39. The number of ether oxygens (including phenoxy) is 1. The van der Waals surface area contributed by atoms with Gasteiger partial charge in [0.15, 0.2) is 0 Å². The molecule has 1 rings (SSSR count). The van der Waals surface area contributed by atoms with Gasteiger partial charge in [0, 0.05) is 327 Å². The van der Waals surface area contributed by atoms with Crippen LogP contribution in [0.25, 0.3) is 0 Å². The summed E-state index contributed by atoms with van der Waals surface area (Å²) >= 11 is 0. The molecule has 0 spiro atoms. The van der Waals surface area contributed by atoms with E-state index in [2.05, 4.69) is 6.58 Å². The maximum atomic E-state index is 9.49. The second kappa shape index (κ2) is 40.7. The molecule has 5 nitrogen and oxygen atoms in total. The molecule has 112 valence electrons. The van der Waals surface area contributed by atoms with Gasteiger partial charge in [-0.05, 0) is 6.42 Å². The fourth-order valence-corrected chi connectivity index (χ4v) is 1.54. The van der Waals surface area contributed by atoms with Crippen LogP contribution in [0.3, 0.4) is 0 Å². The van der Waals surface area contributed by atoms with Crippen molar-refractivity contribution in [2.24, 2.45) is 0 Å². The molecule has 0 aromatic rings. The van der Waals surface area contributed by atoms with Crippen LogP contribution in [0.5, 0.6) is 0 Å². The van der Waals surface area contributed by atoms with Gasteiger partial charge in [0.2, 0.25) is 0 Å². The Hall–Kier alpha value is 10.6. The molecule has 1 saturated heterocycles. The van der Waals surface area contributed by atoms with Crippen molar-refractivity contribution in [1.29, 1.82) is 0 Å². The largest absolute Gasteiger partial charge is 0.394 e. The van der Waals surface area contributed by atoms with Crippen LogP contribution in [0.2, 0.25) is 0 Å². The molecular formula is C9H16O5Y10. The predicted octanol–water partition coefficient (Wildman–Crippen LogP) is -1.62.